The lowest BCUT2D eigenvalue weighted by Crippen LogP contribution is -2.33. The number of carbonyl (C=O) groups excluding carboxylic acids is 2. The zero-order valence-electron chi connectivity index (χ0n) is 17.7. The molecule has 0 saturated heterocycles. The van der Waals surface area contributed by atoms with Gasteiger partial charge in [0.15, 0.2) is 0 Å². The Bertz CT molecular complexity index is 1320. The molecule has 4 aromatic rings. The Morgan fingerprint density at radius 1 is 0.758 bits per heavy atom. The number of para-hydroxylation sites is 2. The molecule has 0 fully saturated rings. The van der Waals surface area contributed by atoms with Crippen molar-refractivity contribution in [3.05, 3.63) is 120 Å². The first-order valence-corrected chi connectivity index (χ1v) is 11.1. The van der Waals surface area contributed by atoms with Crippen molar-refractivity contribution in [3.63, 3.8) is 0 Å². The molecule has 1 aliphatic heterocycles. The lowest BCUT2D eigenvalue weighted by molar-refractivity contribution is -0.116. The standard InChI is InChI=1S/C28H21ClN2O2/c29-26(27(32)30-22-9-2-1-3-10-22)19-14-16-20(17-15-19)28(33)31-18-21-8-4-5-11-23(21)24-12-6-7-13-25(24)31/h1-17,26H,18H2,(H,30,32). The van der Waals surface area contributed by atoms with Crippen molar-refractivity contribution in [2.24, 2.45) is 0 Å². The van der Waals surface area contributed by atoms with E-state index in [1.165, 1.54) is 0 Å². The van der Waals surface area contributed by atoms with E-state index in [1.54, 1.807) is 41.3 Å². The van der Waals surface area contributed by atoms with E-state index in [2.05, 4.69) is 17.4 Å². The van der Waals surface area contributed by atoms with E-state index in [9.17, 15) is 9.59 Å². The van der Waals surface area contributed by atoms with Gasteiger partial charge in [-0.25, -0.2) is 0 Å². The molecule has 0 saturated carbocycles. The van der Waals surface area contributed by atoms with Gasteiger partial charge in [0.25, 0.3) is 5.91 Å². The summed E-state index contributed by atoms with van der Waals surface area (Å²) in [6, 6.07) is 32.2. The third-order valence-corrected chi connectivity index (χ3v) is 6.25. The summed E-state index contributed by atoms with van der Waals surface area (Å²) < 4.78 is 0. The minimum Gasteiger partial charge on any atom is -0.325 e. The molecule has 0 spiro atoms. The Morgan fingerprint density at radius 2 is 1.39 bits per heavy atom. The fourth-order valence-corrected chi connectivity index (χ4v) is 4.32. The van der Waals surface area contributed by atoms with Crippen LogP contribution in [0.4, 0.5) is 11.4 Å². The van der Waals surface area contributed by atoms with Gasteiger partial charge in [-0.05, 0) is 47.0 Å². The van der Waals surface area contributed by atoms with E-state index in [4.69, 9.17) is 11.6 Å². The van der Waals surface area contributed by atoms with Crippen molar-refractivity contribution >= 4 is 34.8 Å². The van der Waals surface area contributed by atoms with Crippen LogP contribution in [0.5, 0.6) is 0 Å². The van der Waals surface area contributed by atoms with Crippen LogP contribution in [-0.4, -0.2) is 11.8 Å². The second-order valence-corrected chi connectivity index (χ2v) is 8.34. The van der Waals surface area contributed by atoms with Crippen molar-refractivity contribution in [1.82, 2.24) is 0 Å². The Balaban J connectivity index is 1.36. The van der Waals surface area contributed by atoms with Gasteiger partial charge >= 0.3 is 0 Å². The molecule has 0 radical (unpaired) electrons. The minimum absolute atomic E-state index is 0.0941. The lowest BCUT2D eigenvalue weighted by atomic mass is 9.93. The molecule has 1 heterocycles. The van der Waals surface area contributed by atoms with Crippen LogP contribution in [-0.2, 0) is 11.3 Å². The summed E-state index contributed by atoms with van der Waals surface area (Å²) in [6.45, 7) is 0.505. The highest BCUT2D eigenvalue weighted by Crippen LogP contribution is 2.39. The summed E-state index contributed by atoms with van der Waals surface area (Å²) in [6.07, 6.45) is 0. The number of rotatable bonds is 4. The van der Waals surface area contributed by atoms with Gasteiger partial charge in [0.1, 0.15) is 5.38 Å². The van der Waals surface area contributed by atoms with Crippen molar-refractivity contribution in [3.8, 4) is 11.1 Å². The van der Waals surface area contributed by atoms with Crippen LogP contribution < -0.4 is 10.2 Å². The van der Waals surface area contributed by atoms with Crippen LogP contribution in [0.15, 0.2) is 103 Å². The second kappa shape index (κ2) is 8.93. The molecule has 4 nitrogen and oxygen atoms in total. The highest BCUT2D eigenvalue weighted by atomic mass is 35.5. The lowest BCUT2D eigenvalue weighted by Gasteiger charge is -2.31. The highest BCUT2D eigenvalue weighted by molar-refractivity contribution is 6.32. The normalized spacial score (nSPS) is 12.9. The summed E-state index contributed by atoms with van der Waals surface area (Å²) in [5, 5.41) is 1.94. The molecule has 1 unspecified atom stereocenters. The van der Waals surface area contributed by atoms with Gasteiger partial charge in [-0.2, -0.15) is 0 Å². The maximum absolute atomic E-state index is 13.4. The number of benzene rings is 4. The van der Waals surface area contributed by atoms with Crippen LogP contribution >= 0.6 is 11.6 Å². The number of anilines is 2. The van der Waals surface area contributed by atoms with Crippen LogP contribution in [0, 0.1) is 0 Å². The summed E-state index contributed by atoms with van der Waals surface area (Å²) >= 11 is 6.40. The Hall–Kier alpha value is -3.89. The first-order chi connectivity index (χ1) is 16.1. The zero-order valence-corrected chi connectivity index (χ0v) is 18.5. The molecule has 0 bridgehead atoms. The van der Waals surface area contributed by atoms with Gasteiger partial charge in [-0.3, -0.25) is 9.59 Å². The molecule has 0 aromatic heterocycles. The second-order valence-electron chi connectivity index (χ2n) is 7.91. The smallest absolute Gasteiger partial charge is 0.258 e. The molecule has 4 aromatic carbocycles. The third kappa shape index (κ3) is 4.13. The van der Waals surface area contributed by atoms with E-state index >= 15 is 0 Å². The predicted molar refractivity (Wildman–Crippen MR) is 132 cm³/mol. The van der Waals surface area contributed by atoms with Crippen molar-refractivity contribution in [2.75, 3.05) is 10.2 Å². The summed E-state index contributed by atoms with van der Waals surface area (Å²) in [4.78, 5) is 27.8. The van der Waals surface area contributed by atoms with Gasteiger partial charge in [-0.1, -0.05) is 72.8 Å². The van der Waals surface area contributed by atoms with Crippen LogP contribution in [0.3, 0.4) is 0 Å². The molecule has 2 amide bonds. The summed E-state index contributed by atoms with van der Waals surface area (Å²) in [7, 11) is 0. The molecule has 5 heteroatoms. The van der Waals surface area contributed by atoms with Gasteiger partial charge in [0.05, 0.1) is 12.2 Å². The fraction of sp³-hybridized carbons (Fsp3) is 0.0714. The van der Waals surface area contributed by atoms with Crippen LogP contribution in [0.25, 0.3) is 11.1 Å². The van der Waals surface area contributed by atoms with E-state index < -0.39 is 5.38 Å². The zero-order chi connectivity index (χ0) is 22.8. The highest BCUT2D eigenvalue weighted by Gasteiger charge is 2.27. The molecule has 5 rings (SSSR count). The Kier molecular flexibility index (Phi) is 5.68. The Labute approximate surface area is 197 Å². The van der Waals surface area contributed by atoms with Gasteiger partial charge in [0.2, 0.25) is 5.91 Å². The van der Waals surface area contributed by atoms with Gasteiger partial charge < -0.3 is 10.2 Å². The number of carbonyl (C=O) groups is 2. The first kappa shape index (κ1) is 21.0. The molecule has 1 N–H and O–H groups in total. The summed E-state index contributed by atoms with van der Waals surface area (Å²) in [5.74, 6) is -0.410. The maximum Gasteiger partial charge on any atom is 0.258 e. The van der Waals surface area contributed by atoms with Crippen LogP contribution in [0.2, 0.25) is 0 Å². The van der Waals surface area contributed by atoms with Gasteiger partial charge in [-0.15, -0.1) is 11.6 Å². The molecule has 1 aliphatic rings. The first-order valence-electron chi connectivity index (χ1n) is 10.7. The largest absolute Gasteiger partial charge is 0.325 e. The fourth-order valence-electron chi connectivity index (χ4n) is 4.12. The number of nitrogens with zero attached hydrogens (tertiary/aromatic N) is 1. The van der Waals surface area contributed by atoms with Crippen molar-refractivity contribution < 1.29 is 9.59 Å². The van der Waals surface area contributed by atoms with E-state index in [1.807, 2.05) is 54.6 Å². The number of hydrogen-bond donors (Lipinski definition) is 1. The van der Waals surface area contributed by atoms with E-state index in [0.717, 1.165) is 22.4 Å². The molecule has 33 heavy (non-hydrogen) atoms. The molecule has 1 atom stereocenters. The number of fused-ring (bicyclic) bond motifs is 3. The molecule has 0 aliphatic carbocycles. The number of amides is 2. The number of halogens is 1. The predicted octanol–water partition coefficient (Wildman–Crippen LogP) is 6.43. The van der Waals surface area contributed by atoms with Crippen molar-refractivity contribution in [2.45, 2.75) is 11.9 Å². The molecular formula is C28H21ClN2O2. The summed E-state index contributed by atoms with van der Waals surface area (Å²) in [5.41, 5.74) is 6.06. The van der Waals surface area contributed by atoms with Crippen molar-refractivity contribution in [1.29, 1.82) is 0 Å². The van der Waals surface area contributed by atoms with Crippen LogP contribution in [0.1, 0.15) is 26.9 Å². The average molecular weight is 453 g/mol. The Morgan fingerprint density at radius 3 is 2.15 bits per heavy atom. The maximum atomic E-state index is 13.4. The van der Waals surface area contributed by atoms with E-state index in [-0.39, 0.29) is 11.8 Å². The van der Waals surface area contributed by atoms with Gasteiger partial charge in [0, 0.05) is 16.8 Å². The topological polar surface area (TPSA) is 49.4 Å². The number of alkyl halides is 1. The SMILES string of the molecule is O=C(Nc1ccccc1)C(Cl)c1ccc(C(=O)N2Cc3ccccc3-c3ccccc32)cc1. The average Bonchev–Trinajstić information content (AvgIpc) is 2.88. The molecule has 162 valence electrons. The quantitative estimate of drug-likeness (QED) is 0.362. The van der Waals surface area contributed by atoms with E-state index in [0.29, 0.717) is 23.4 Å². The number of nitrogens with one attached hydrogen (secondary N) is 1. The number of hydrogen-bond acceptors (Lipinski definition) is 2. The molecular weight excluding hydrogens is 432 g/mol. The third-order valence-electron chi connectivity index (χ3n) is 5.80. The minimum atomic E-state index is -0.864. The monoisotopic (exact) mass is 452 g/mol.